The highest BCUT2D eigenvalue weighted by atomic mass is 32.2. The van der Waals surface area contributed by atoms with Crippen molar-refractivity contribution in [1.29, 1.82) is 0 Å². The van der Waals surface area contributed by atoms with E-state index in [-0.39, 0.29) is 11.8 Å². The van der Waals surface area contributed by atoms with E-state index in [2.05, 4.69) is 28.1 Å². The van der Waals surface area contributed by atoms with E-state index in [0.29, 0.717) is 13.1 Å². The number of rotatable bonds is 7. The van der Waals surface area contributed by atoms with Gasteiger partial charge in [-0.2, -0.15) is 0 Å². The Labute approximate surface area is 163 Å². The molecular weight excluding hydrogens is 380 g/mol. The molecule has 2 amide bonds. The minimum Gasteiger partial charge on any atom is -0.338 e. The number of nitrogens with one attached hydrogen (secondary N) is 2. The lowest BCUT2D eigenvalue weighted by molar-refractivity contribution is 0.240. The normalized spacial score (nSPS) is 11.4. The fraction of sp³-hybridized carbons (Fsp3) is 0.250. The third-order valence-corrected chi connectivity index (χ3v) is 6.02. The lowest BCUT2D eigenvalue weighted by Gasteiger charge is -2.08. The van der Waals surface area contributed by atoms with Gasteiger partial charge in [0.15, 0.2) is 9.84 Å². The lowest BCUT2D eigenvalue weighted by Crippen LogP contribution is -2.36. The van der Waals surface area contributed by atoms with Crippen LogP contribution in [0.3, 0.4) is 0 Å². The molecule has 1 aromatic heterocycles. The van der Waals surface area contributed by atoms with Crippen molar-refractivity contribution in [3.63, 3.8) is 0 Å². The van der Waals surface area contributed by atoms with Crippen molar-refractivity contribution in [2.75, 3.05) is 12.8 Å². The van der Waals surface area contributed by atoms with Crippen molar-refractivity contribution >= 4 is 37.3 Å². The van der Waals surface area contributed by atoms with Crippen LogP contribution in [-0.2, 0) is 28.6 Å². The molecule has 2 N–H and O–H groups in total. The molecule has 0 aliphatic carbocycles. The van der Waals surface area contributed by atoms with Gasteiger partial charge in [0.25, 0.3) is 0 Å². The van der Waals surface area contributed by atoms with Crippen molar-refractivity contribution < 1.29 is 13.2 Å². The predicted molar refractivity (Wildman–Crippen MR) is 111 cm³/mol. The molecule has 0 saturated carbocycles. The fourth-order valence-electron chi connectivity index (χ4n) is 2.84. The molecule has 0 atom stereocenters. The summed E-state index contributed by atoms with van der Waals surface area (Å²) in [6.07, 6.45) is 2.00. The summed E-state index contributed by atoms with van der Waals surface area (Å²) in [6, 6.07) is 15.3. The number of benzene rings is 2. The molecule has 3 rings (SSSR count). The van der Waals surface area contributed by atoms with Gasteiger partial charge in [0, 0.05) is 24.0 Å². The SMILES string of the molecule is CS(=O)(=O)Cc1ccc(CNC(=O)NCCc2csc3ccccc23)cc1. The minimum absolute atomic E-state index is 0.0263. The van der Waals surface area contributed by atoms with E-state index in [9.17, 15) is 13.2 Å². The van der Waals surface area contributed by atoms with Gasteiger partial charge in [-0.1, -0.05) is 42.5 Å². The van der Waals surface area contributed by atoms with Gasteiger partial charge >= 0.3 is 6.03 Å². The van der Waals surface area contributed by atoms with Gasteiger partial charge in [-0.25, -0.2) is 13.2 Å². The first kappa shape index (κ1) is 19.4. The van der Waals surface area contributed by atoms with Gasteiger partial charge in [0.1, 0.15) is 0 Å². The van der Waals surface area contributed by atoms with Crippen LogP contribution in [0.2, 0.25) is 0 Å². The van der Waals surface area contributed by atoms with Crippen LogP contribution in [0.15, 0.2) is 53.9 Å². The van der Waals surface area contributed by atoms with Crippen LogP contribution in [0.5, 0.6) is 0 Å². The standard InChI is InChI=1S/C20H22N2O3S2/c1-27(24,25)14-16-8-6-15(7-9-16)12-22-20(23)21-11-10-17-13-26-19-5-3-2-4-18(17)19/h2-9,13H,10-12,14H2,1H3,(H2,21,22,23). The Morgan fingerprint density at radius 2 is 1.70 bits per heavy atom. The lowest BCUT2D eigenvalue weighted by atomic mass is 10.1. The molecule has 1 heterocycles. The number of amides is 2. The van der Waals surface area contributed by atoms with E-state index in [4.69, 9.17) is 0 Å². The van der Waals surface area contributed by atoms with E-state index in [0.717, 1.165) is 17.5 Å². The molecule has 3 aromatic rings. The van der Waals surface area contributed by atoms with Crippen molar-refractivity contribution in [3.05, 3.63) is 70.6 Å². The third-order valence-electron chi connectivity index (χ3n) is 4.15. The van der Waals surface area contributed by atoms with Crippen molar-refractivity contribution in [3.8, 4) is 0 Å². The van der Waals surface area contributed by atoms with E-state index in [1.54, 1.807) is 23.5 Å². The summed E-state index contributed by atoms with van der Waals surface area (Å²) in [7, 11) is -3.04. The molecule has 0 unspecified atom stereocenters. The summed E-state index contributed by atoms with van der Waals surface area (Å²) in [6.45, 7) is 0.965. The molecule has 2 aromatic carbocycles. The molecule has 7 heteroatoms. The highest BCUT2D eigenvalue weighted by Crippen LogP contribution is 2.25. The number of carbonyl (C=O) groups excluding carboxylic acids is 1. The average molecular weight is 403 g/mol. The Balaban J connectivity index is 1.43. The number of hydrogen-bond donors (Lipinski definition) is 2. The molecule has 27 heavy (non-hydrogen) atoms. The second-order valence-electron chi connectivity index (χ2n) is 6.50. The Morgan fingerprint density at radius 3 is 2.44 bits per heavy atom. The Bertz CT molecular complexity index is 1020. The van der Waals surface area contributed by atoms with Gasteiger partial charge < -0.3 is 10.6 Å². The molecule has 0 saturated heterocycles. The highest BCUT2D eigenvalue weighted by molar-refractivity contribution is 7.89. The number of sulfone groups is 1. The first-order valence-corrected chi connectivity index (χ1v) is 11.6. The molecule has 0 aliphatic rings. The maximum absolute atomic E-state index is 12.0. The summed E-state index contributed by atoms with van der Waals surface area (Å²) in [5, 5.41) is 9.08. The van der Waals surface area contributed by atoms with Crippen LogP contribution < -0.4 is 10.6 Å². The van der Waals surface area contributed by atoms with Gasteiger partial charge in [0.2, 0.25) is 0 Å². The first-order chi connectivity index (χ1) is 12.9. The van der Waals surface area contributed by atoms with E-state index in [1.807, 2.05) is 24.3 Å². The largest absolute Gasteiger partial charge is 0.338 e. The van der Waals surface area contributed by atoms with Crippen LogP contribution in [0.25, 0.3) is 10.1 Å². The number of urea groups is 1. The zero-order chi connectivity index (χ0) is 19.3. The van der Waals surface area contributed by atoms with Crippen LogP contribution in [-0.4, -0.2) is 27.2 Å². The summed E-state index contributed by atoms with van der Waals surface area (Å²) in [5.41, 5.74) is 2.91. The molecule has 5 nitrogen and oxygen atoms in total. The number of hydrogen-bond acceptors (Lipinski definition) is 4. The van der Waals surface area contributed by atoms with Crippen molar-refractivity contribution in [1.82, 2.24) is 10.6 Å². The summed E-state index contributed by atoms with van der Waals surface area (Å²) in [4.78, 5) is 12.0. The van der Waals surface area contributed by atoms with E-state index >= 15 is 0 Å². The predicted octanol–water partition coefficient (Wildman–Crippen LogP) is 3.49. The summed E-state index contributed by atoms with van der Waals surface area (Å²) in [5.74, 6) is 0.0263. The van der Waals surface area contributed by atoms with Crippen molar-refractivity contribution in [2.45, 2.75) is 18.7 Å². The smallest absolute Gasteiger partial charge is 0.315 e. The molecule has 0 radical (unpaired) electrons. The molecule has 142 valence electrons. The Kier molecular flexibility index (Phi) is 6.13. The Hall–Kier alpha value is -2.38. The monoisotopic (exact) mass is 402 g/mol. The number of carbonyl (C=O) groups is 1. The maximum Gasteiger partial charge on any atom is 0.315 e. The second kappa shape index (κ2) is 8.54. The zero-order valence-electron chi connectivity index (χ0n) is 15.1. The first-order valence-electron chi connectivity index (χ1n) is 8.63. The Morgan fingerprint density at radius 1 is 1.00 bits per heavy atom. The topological polar surface area (TPSA) is 75.3 Å². The average Bonchev–Trinajstić information content (AvgIpc) is 3.03. The van der Waals surface area contributed by atoms with Crippen LogP contribution in [0, 0.1) is 0 Å². The molecule has 0 aliphatic heterocycles. The van der Waals surface area contributed by atoms with Gasteiger partial charge in [0.05, 0.1) is 5.75 Å². The van der Waals surface area contributed by atoms with Gasteiger partial charge in [-0.05, 0) is 39.9 Å². The quantitative estimate of drug-likeness (QED) is 0.635. The highest BCUT2D eigenvalue weighted by Gasteiger charge is 2.06. The third kappa shape index (κ3) is 5.80. The van der Waals surface area contributed by atoms with Gasteiger partial charge in [-0.3, -0.25) is 0 Å². The van der Waals surface area contributed by atoms with Crippen LogP contribution >= 0.6 is 11.3 Å². The van der Waals surface area contributed by atoms with E-state index in [1.165, 1.54) is 21.9 Å². The minimum atomic E-state index is -3.04. The van der Waals surface area contributed by atoms with Crippen LogP contribution in [0.1, 0.15) is 16.7 Å². The molecule has 0 fully saturated rings. The van der Waals surface area contributed by atoms with Crippen molar-refractivity contribution in [2.24, 2.45) is 0 Å². The number of thiophene rings is 1. The maximum atomic E-state index is 12.0. The van der Waals surface area contributed by atoms with Gasteiger partial charge in [-0.15, -0.1) is 11.3 Å². The summed E-state index contributed by atoms with van der Waals surface area (Å²) < 4.78 is 23.8. The zero-order valence-corrected chi connectivity index (χ0v) is 16.7. The number of fused-ring (bicyclic) bond motifs is 1. The van der Waals surface area contributed by atoms with Crippen LogP contribution in [0.4, 0.5) is 4.79 Å². The molecule has 0 spiro atoms. The molecular formula is C20H22N2O3S2. The second-order valence-corrected chi connectivity index (χ2v) is 9.55. The fourth-order valence-corrected chi connectivity index (χ4v) is 4.63. The summed E-state index contributed by atoms with van der Waals surface area (Å²) >= 11 is 1.72. The van der Waals surface area contributed by atoms with E-state index < -0.39 is 9.84 Å². The molecule has 0 bridgehead atoms.